The van der Waals surface area contributed by atoms with Gasteiger partial charge in [-0.05, 0) is 47.9 Å². The molecule has 2 aromatic rings. The van der Waals surface area contributed by atoms with Crippen molar-refractivity contribution in [3.63, 3.8) is 0 Å². The standard InChI is InChI=1S/C30H35N3O4S/c1-18(2)19-10-12-21(13-11-19)31-27(34)24-23-14-15-30(37-23)25(24)29(36)33(17-22-9-6-16-38-22)26(30)28(35)32-20-7-4-3-5-8-20/h6,9-16,18,20,23-26H,3-5,7-8,17H2,1-2H3,(H,31,34)(H,32,35)/t23-,24+,25-,26+,30-/m1/s1. The van der Waals surface area contributed by atoms with E-state index < -0.39 is 29.6 Å². The molecule has 6 rings (SSSR count). The molecule has 3 aliphatic heterocycles. The predicted molar refractivity (Wildman–Crippen MR) is 147 cm³/mol. The molecule has 200 valence electrons. The van der Waals surface area contributed by atoms with Crippen molar-refractivity contribution in [2.75, 3.05) is 5.32 Å². The molecule has 4 heterocycles. The number of thiophene rings is 1. The second kappa shape index (κ2) is 9.97. The number of fused-ring (bicyclic) bond motifs is 1. The third-order valence-electron chi connectivity index (χ3n) is 8.63. The van der Waals surface area contributed by atoms with Crippen molar-refractivity contribution in [1.82, 2.24) is 10.2 Å². The molecule has 5 atom stereocenters. The number of hydrogen-bond acceptors (Lipinski definition) is 5. The molecule has 0 radical (unpaired) electrons. The zero-order chi connectivity index (χ0) is 26.4. The summed E-state index contributed by atoms with van der Waals surface area (Å²) in [6.07, 6.45) is 8.50. The number of likely N-dealkylation sites (tertiary alicyclic amines) is 1. The molecule has 38 heavy (non-hydrogen) atoms. The molecule has 4 aliphatic rings. The van der Waals surface area contributed by atoms with E-state index in [1.807, 2.05) is 53.9 Å². The topological polar surface area (TPSA) is 87.7 Å². The lowest BCUT2D eigenvalue weighted by Crippen LogP contribution is -2.56. The molecule has 7 nitrogen and oxygen atoms in total. The average molecular weight is 534 g/mol. The van der Waals surface area contributed by atoms with Crippen molar-refractivity contribution in [3.05, 3.63) is 64.4 Å². The van der Waals surface area contributed by atoms with Gasteiger partial charge in [-0.25, -0.2) is 0 Å². The summed E-state index contributed by atoms with van der Waals surface area (Å²) < 4.78 is 6.46. The summed E-state index contributed by atoms with van der Waals surface area (Å²) in [5.74, 6) is -1.67. The fraction of sp³-hybridized carbons (Fsp3) is 0.500. The lowest BCUT2D eigenvalue weighted by atomic mass is 9.74. The van der Waals surface area contributed by atoms with Gasteiger partial charge >= 0.3 is 0 Å². The van der Waals surface area contributed by atoms with Crippen LogP contribution in [0.2, 0.25) is 0 Å². The average Bonchev–Trinajstić information content (AvgIpc) is 3.68. The predicted octanol–water partition coefficient (Wildman–Crippen LogP) is 4.61. The van der Waals surface area contributed by atoms with E-state index in [1.54, 1.807) is 16.2 Å². The van der Waals surface area contributed by atoms with Crippen molar-refractivity contribution in [2.24, 2.45) is 11.8 Å². The second-order valence-corrected chi connectivity index (χ2v) is 12.4. The molecule has 0 unspecified atom stereocenters. The van der Waals surface area contributed by atoms with E-state index in [1.165, 1.54) is 12.0 Å². The molecule has 1 aromatic carbocycles. The van der Waals surface area contributed by atoms with Crippen LogP contribution >= 0.6 is 11.3 Å². The highest BCUT2D eigenvalue weighted by molar-refractivity contribution is 7.09. The number of ether oxygens (including phenoxy) is 1. The Morgan fingerprint density at radius 3 is 2.55 bits per heavy atom. The van der Waals surface area contributed by atoms with Crippen molar-refractivity contribution in [2.45, 2.75) is 82.2 Å². The van der Waals surface area contributed by atoms with Gasteiger partial charge in [0.1, 0.15) is 11.6 Å². The lowest BCUT2D eigenvalue weighted by molar-refractivity contribution is -0.142. The zero-order valence-electron chi connectivity index (χ0n) is 21.9. The molecule has 2 N–H and O–H groups in total. The third-order valence-corrected chi connectivity index (χ3v) is 9.49. The Kier molecular flexibility index (Phi) is 6.64. The number of carbonyl (C=O) groups excluding carboxylic acids is 3. The van der Waals surface area contributed by atoms with E-state index in [4.69, 9.17) is 4.74 Å². The maximum absolute atomic E-state index is 14.0. The minimum atomic E-state index is -1.14. The Morgan fingerprint density at radius 1 is 1.11 bits per heavy atom. The van der Waals surface area contributed by atoms with Gasteiger partial charge in [0.25, 0.3) is 0 Å². The van der Waals surface area contributed by atoms with Crippen LogP contribution in [-0.2, 0) is 25.7 Å². The normalized spacial score (nSPS) is 30.2. The van der Waals surface area contributed by atoms with Gasteiger partial charge < -0.3 is 20.3 Å². The summed E-state index contributed by atoms with van der Waals surface area (Å²) in [6, 6.07) is 11.0. The molecule has 1 aromatic heterocycles. The Balaban J connectivity index is 1.28. The molecule has 1 saturated carbocycles. The molecule has 2 bridgehead atoms. The van der Waals surface area contributed by atoms with Gasteiger partial charge in [-0.3, -0.25) is 14.4 Å². The first kappa shape index (κ1) is 25.3. The zero-order valence-corrected chi connectivity index (χ0v) is 22.7. The van der Waals surface area contributed by atoms with Gasteiger partial charge in [-0.15, -0.1) is 11.3 Å². The highest BCUT2D eigenvalue weighted by Crippen LogP contribution is 2.55. The Hall–Kier alpha value is -2.97. The maximum Gasteiger partial charge on any atom is 0.246 e. The Morgan fingerprint density at radius 2 is 1.87 bits per heavy atom. The number of nitrogens with one attached hydrogen (secondary N) is 2. The van der Waals surface area contributed by atoms with Crippen LogP contribution in [0.1, 0.15) is 62.3 Å². The Bertz CT molecular complexity index is 1230. The molecule has 3 fully saturated rings. The minimum absolute atomic E-state index is 0.112. The smallest absolute Gasteiger partial charge is 0.246 e. The summed E-state index contributed by atoms with van der Waals surface area (Å²) in [4.78, 5) is 44.2. The minimum Gasteiger partial charge on any atom is -0.359 e. The number of benzene rings is 1. The van der Waals surface area contributed by atoms with Gasteiger partial charge in [0.05, 0.1) is 24.5 Å². The van der Waals surface area contributed by atoms with Crippen LogP contribution in [0.4, 0.5) is 5.69 Å². The van der Waals surface area contributed by atoms with Crippen molar-refractivity contribution >= 4 is 34.7 Å². The number of nitrogens with zero attached hydrogens (tertiary/aromatic N) is 1. The van der Waals surface area contributed by atoms with Crippen molar-refractivity contribution < 1.29 is 19.1 Å². The summed E-state index contributed by atoms with van der Waals surface area (Å²) in [5.41, 5.74) is 0.740. The van der Waals surface area contributed by atoms with Gasteiger partial charge in [-0.2, -0.15) is 0 Å². The van der Waals surface area contributed by atoms with Gasteiger partial charge in [0.2, 0.25) is 17.7 Å². The quantitative estimate of drug-likeness (QED) is 0.509. The summed E-state index contributed by atoms with van der Waals surface area (Å²) in [7, 11) is 0. The summed E-state index contributed by atoms with van der Waals surface area (Å²) in [5, 5.41) is 8.22. The van der Waals surface area contributed by atoms with Crippen LogP contribution in [0.5, 0.6) is 0 Å². The number of anilines is 1. The second-order valence-electron chi connectivity index (χ2n) is 11.4. The maximum atomic E-state index is 14.0. The molecular formula is C30H35N3O4S. The van der Waals surface area contributed by atoms with Gasteiger partial charge in [0, 0.05) is 16.6 Å². The molecule has 1 spiro atoms. The number of amides is 3. The van der Waals surface area contributed by atoms with Crippen LogP contribution in [0.15, 0.2) is 53.9 Å². The largest absolute Gasteiger partial charge is 0.359 e. The molecule has 3 amide bonds. The molecule has 2 saturated heterocycles. The van der Waals surface area contributed by atoms with E-state index in [-0.39, 0.29) is 23.8 Å². The van der Waals surface area contributed by atoms with Gasteiger partial charge in [0.15, 0.2) is 0 Å². The number of carbonyl (C=O) groups is 3. The molecule has 8 heteroatoms. The van der Waals surface area contributed by atoms with Crippen LogP contribution in [0, 0.1) is 11.8 Å². The molecule has 1 aliphatic carbocycles. The van der Waals surface area contributed by atoms with E-state index in [2.05, 4.69) is 24.5 Å². The van der Waals surface area contributed by atoms with Crippen LogP contribution in [0.3, 0.4) is 0 Å². The number of hydrogen-bond donors (Lipinski definition) is 2. The fourth-order valence-corrected chi connectivity index (χ4v) is 7.41. The van der Waals surface area contributed by atoms with E-state index >= 15 is 0 Å². The monoisotopic (exact) mass is 533 g/mol. The highest BCUT2D eigenvalue weighted by atomic mass is 32.1. The lowest BCUT2D eigenvalue weighted by Gasteiger charge is -2.34. The van der Waals surface area contributed by atoms with Crippen LogP contribution in [0.25, 0.3) is 0 Å². The third kappa shape index (κ3) is 4.28. The van der Waals surface area contributed by atoms with Crippen molar-refractivity contribution in [3.8, 4) is 0 Å². The first-order chi connectivity index (χ1) is 18.4. The van der Waals surface area contributed by atoms with E-state index in [0.717, 1.165) is 30.6 Å². The van der Waals surface area contributed by atoms with E-state index in [0.29, 0.717) is 18.2 Å². The van der Waals surface area contributed by atoms with Crippen LogP contribution < -0.4 is 10.6 Å². The highest BCUT2D eigenvalue weighted by Gasteiger charge is 2.72. The summed E-state index contributed by atoms with van der Waals surface area (Å²) >= 11 is 1.55. The first-order valence-electron chi connectivity index (χ1n) is 13.8. The molecular weight excluding hydrogens is 498 g/mol. The fourth-order valence-electron chi connectivity index (χ4n) is 6.71. The Labute approximate surface area is 227 Å². The SMILES string of the molecule is CC(C)c1ccc(NC(=O)[C@H]2[C@H]3C=C[C@]4(O3)[C@H](C(=O)NC3CCCCC3)N(Cc3cccs3)C(=O)[C@@H]24)cc1. The number of rotatable bonds is 7. The summed E-state index contributed by atoms with van der Waals surface area (Å²) in [6.45, 7) is 4.57. The van der Waals surface area contributed by atoms with Crippen molar-refractivity contribution in [1.29, 1.82) is 0 Å². The van der Waals surface area contributed by atoms with E-state index in [9.17, 15) is 14.4 Å². The first-order valence-corrected chi connectivity index (χ1v) is 14.7. The van der Waals surface area contributed by atoms with Crippen LogP contribution in [-0.4, -0.2) is 46.4 Å². The van der Waals surface area contributed by atoms with Gasteiger partial charge in [-0.1, -0.05) is 63.5 Å².